The summed E-state index contributed by atoms with van der Waals surface area (Å²) in [5.41, 5.74) is 3.13. The monoisotopic (exact) mass is 431 g/mol. The van der Waals surface area contributed by atoms with Crippen LogP contribution in [0.15, 0.2) is 61.2 Å². The normalized spacial score (nSPS) is 15.4. The van der Waals surface area contributed by atoms with Crippen LogP contribution in [-0.4, -0.2) is 22.1 Å². The van der Waals surface area contributed by atoms with E-state index in [-0.39, 0.29) is 17.9 Å². The number of ether oxygens (including phenoxy) is 1. The molecule has 5 heteroatoms. The van der Waals surface area contributed by atoms with Crippen LogP contribution in [0.5, 0.6) is 5.75 Å². The van der Waals surface area contributed by atoms with Gasteiger partial charge in [-0.2, -0.15) is 0 Å². The van der Waals surface area contributed by atoms with Crippen molar-refractivity contribution in [2.45, 2.75) is 58.0 Å². The van der Waals surface area contributed by atoms with Crippen LogP contribution in [0.3, 0.4) is 0 Å². The van der Waals surface area contributed by atoms with E-state index in [4.69, 9.17) is 9.72 Å². The Kier molecular flexibility index (Phi) is 7.25. The van der Waals surface area contributed by atoms with Gasteiger partial charge >= 0.3 is 0 Å². The molecule has 0 bridgehead atoms. The van der Waals surface area contributed by atoms with Gasteiger partial charge in [0.25, 0.3) is 0 Å². The molecule has 1 N–H and O–H groups in total. The molecule has 4 rings (SSSR count). The highest BCUT2D eigenvalue weighted by Gasteiger charge is 2.24. The Hall–Kier alpha value is -3.08. The van der Waals surface area contributed by atoms with Crippen LogP contribution in [0.25, 0.3) is 11.0 Å². The number of para-hydroxylation sites is 3. The Morgan fingerprint density at radius 3 is 2.75 bits per heavy atom. The van der Waals surface area contributed by atoms with Crippen LogP contribution in [0, 0.1) is 5.92 Å². The number of amides is 1. The molecule has 3 aromatic rings. The molecule has 0 saturated heterocycles. The van der Waals surface area contributed by atoms with Crippen molar-refractivity contribution >= 4 is 16.9 Å². The summed E-state index contributed by atoms with van der Waals surface area (Å²) in [7, 11) is 0. The quantitative estimate of drug-likeness (QED) is 0.449. The van der Waals surface area contributed by atoms with Gasteiger partial charge in [-0.1, -0.05) is 55.7 Å². The summed E-state index contributed by atoms with van der Waals surface area (Å²) < 4.78 is 8.32. The highest BCUT2D eigenvalue weighted by Crippen LogP contribution is 2.26. The van der Waals surface area contributed by atoms with E-state index >= 15 is 0 Å². The average molecular weight is 432 g/mol. The lowest BCUT2D eigenvalue weighted by atomic mass is 9.88. The predicted molar refractivity (Wildman–Crippen MR) is 129 cm³/mol. The molecule has 1 aromatic heterocycles. The number of nitrogens with zero attached hydrogens (tertiary/aromatic N) is 2. The maximum absolute atomic E-state index is 12.8. The highest BCUT2D eigenvalue weighted by molar-refractivity contribution is 5.80. The van der Waals surface area contributed by atoms with Gasteiger partial charge in [-0.25, -0.2) is 4.98 Å². The van der Waals surface area contributed by atoms with Gasteiger partial charge in [0, 0.05) is 5.92 Å². The van der Waals surface area contributed by atoms with Crippen LogP contribution in [0.4, 0.5) is 0 Å². The summed E-state index contributed by atoms with van der Waals surface area (Å²) in [6.45, 7) is 7.04. The van der Waals surface area contributed by atoms with Crippen molar-refractivity contribution in [1.29, 1.82) is 0 Å². The molecule has 2 aromatic carbocycles. The SMILES string of the molecule is C=CCc1ccccc1OCCn1c(C(C)NC(=O)C2CCCCC2)nc2ccccc21. The lowest BCUT2D eigenvalue weighted by Crippen LogP contribution is -2.35. The third kappa shape index (κ3) is 5.04. The molecular weight excluding hydrogens is 398 g/mol. The van der Waals surface area contributed by atoms with Crippen LogP contribution in [0.2, 0.25) is 0 Å². The number of carbonyl (C=O) groups is 1. The first-order chi connectivity index (χ1) is 15.7. The fourth-order valence-corrected chi connectivity index (χ4v) is 4.64. The Morgan fingerprint density at radius 1 is 1.19 bits per heavy atom. The highest BCUT2D eigenvalue weighted by atomic mass is 16.5. The minimum Gasteiger partial charge on any atom is -0.491 e. The molecule has 5 nitrogen and oxygen atoms in total. The van der Waals surface area contributed by atoms with E-state index < -0.39 is 0 Å². The van der Waals surface area contributed by atoms with E-state index in [2.05, 4.69) is 28.6 Å². The summed E-state index contributed by atoms with van der Waals surface area (Å²) >= 11 is 0. The number of carbonyl (C=O) groups excluding carboxylic acids is 1. The second-order valence-electron chi connectivity index (χ2n) is 8.62. The van der Waals surface area contributed by atoms with Gasteiger partial charge < -0.3 is 14.6 Å². The van der Waals surface area contributed by atoms with Crippen molar-refractivity contribution in [2.24, 2.45) is 5.92 Å². The van der Waals surface area contributed by atoms with Crippen LogP contribution in [0.1, 0.15) is 56.5 Å². The minimum atomic E-state index is -0.162. The van der Waals surface area contributed by atoms with Gasteiger partial charge in [0.1, 0.15) is 18.2 Å². The largest absolute Gasteiger partial charge is 0.491 e. The van der Waals surface area contributed by atoms with E-state index in [1.54, 1.807) is 0 Å². The average Bonchev–Trinajstić information content (AvgIpc) is 3.20. The number of imidazole rings is 1. The van der Waals surface area contributed by atoms with Crippen LogP contribution >= 0.6 is 0 Å². The zero-order chi connectivity index (χ0) is 22.3. The second kappa shape index (κ2) is 10.5. The third-order valence-corrected chi connectivity index (χ3v) is 6.32. The summed E-state index contributed by atoms with van der Waals surface area (Å²) in [5, 5.41) is 3.23. The standard InChI is InChI=1S/C27H33N3O2/c1-3-11-21-12-7-10-17-25(21)32-19-18-30-24-16-9-8-15-23(24)29-26(30)20(2)28-27(31)22-13-5-4-6-14-22/h3,7-10,12,15-17,20,22H,1,4-6,11,13-14,18-19H2,2H3,(H,28,31). The fraction of sp³-hybridized carbons (Fsp3) is 0.407. The number of fused-ring (bicyclic) bond motifs is 1. The molecule has 0 radical (unpaired) electrons. The van der Waals surface area contributed by atoms with E-state index in [1.807, 2.05) is 49.4 Å². The zero-order valence-electron chi connectivity index (χ0n) is 18.9. The molecule has 0 aliphatic heterocycles. The van der Waals surface area contributed by atoms with Crippen molar-refractivity contribution in [3.63, 3.8) is 0 Å². The van der Waals surface area contributed by atoms with E-state index in [0.29, 0.717) is 13.2 Å². The zero-order valence-corrected chi connectivity index (χ0v) is 18.9. The van der Waals surface area contributed by atoms with Gasteiger partial charge in [-0.05, 0) is 49.9 Å². The van der Waals surface area contributed by atoms with E-state index in [0.717, 1.165) is 60.3 Å². The first-order valence-electron chi connectivity index (χ1n) is 11.7. The summed E-state index contributed by atoms with van der Waals surface area (Å²) in [5.74, 6) is 2.05. The molecule has 0 spiro atoms. The van der Waals surface area contributed by atoms with Crippen LogP contribution in [-0.2, 0) is 17.8 Å². The molecule has 1 heterocycles. The molecule has 32 heavy (non-hydrogen) atoms. The molecule has 1 atom stereocenters. The first-order valence-corrected chi connectivity index (χ1v) is 11.7. The summed E-state index contributed by atoms with van der Waals surface area (Å²) in [4.78, 5) is 17.7. The first kappa shape index (κ1) is 22.1. The Bertz CT molecular complexity index is 1070. The van der Waals surface area contributed by atoms with E-state index in [9.17, 15) is 4.79 Å². The lowest BCUT2D eigenvalue weighted by molar-refractivity contribution is -0.126. The van der Waals surface area contributed by atoms with Crippen molar-refractivity contribution in [3.05, 3.63) is 72.6 Å². The molecule has 1 unspecified atom stereocenters. The smallest absolute Gasteiger partial charge is 0.223 e. The summed E-state index contributed by atoms with van der Waals surface area (Å²) in [6, 6.07) is 16.0. The molecule has 1 amide bonds. The molecule has 1 saturated carbocycles. The lowest BCUT2D eigenvalue weighted by Gasteiger charge is -2.23. The third-order valence-electron chi connectivity index (χ3n) is 6.32. The Morgan fingerprint density at radius 2 is 1.94 bits per heavy atom. The van der Waals surface area contributed by atoms with Crippen molar-refractivity contribution in [3.8, 4) is 5.75 Å². The van der Waals surface area contributed by atoms with Gasteiger partial charge in [0.15, 0.2) is 0 Å². The van der Waals surface area contributed by atoms with Crippen LogP contribution < -0.4 is 10.1 Å². The molecule has 1 aliphatic carbocycles. The number of benzene rings is 2. The number of hydrogen-bond donors (Lipinski definition) is 1. The number of rotatable bonds is 9. The van der Waals surface area contributed by atoms with Gasteiger partial charge in [-0.3, -0.25) is 4.79 Å². The Labute approximate surface area is 190 Å². The maximum Gasteiger partial charge on any atom is 0.223 e. The van der Waals surface area contributed by atoms with Crippen molar-refractivity contribution < 1.29 is 9.53 Å². The number of aromatic nitrogens is 2. The second-order valence-corrected chi connectivity index (χ2v) is 8.62. The molecule has 1 aliphatic rings. The molecule has 1 fully saturated rings. The summed E-state index contributed by atoms with van der Waals surface area (Å²) in [6.07, 6.45) is 8.19. The van der Waals surface area contributed by atoms with Gasteiger partial charge in [0.2, 0.25) is 5.91 Å². The molecular formula is C27H33N3O2. The van der Waals surface area contributed by atoms with Gasteiger partial charge in [0.05, 0.1) is 23.6 Å². The Balaban J connectivity index is 1.50. The van der Waals surface area contributed by atoms with E-state index in [1.165, 1.54) is 6.42 Å². The number of hydrogen-bond acceptors (Lipinski definition) is 3. The van der Waals surface area contributed by atoms with Gasteiger partial charge in [-0.15, -0.1) is 6.58 Å². The fourth-order valence-electron chi connectivity index (χ4n) is 4.64. The van der Waals surface area contributed by atoms with Crippen molar-refractivity contribution in [1.82, 2.24) is 14.9 Å². The topological polar surface area (TPSA) is 56.1 Å². The number of nitrogens with one attached hydrogen (secondary N) is 1. The minimum absolute atomic E-state index is 0.133. The number of allylic oxidation sites excluding steroid dienone is 1. The predicted octanol–water partition coefficient (Wildman–Crippen LogP) is 5.60. The maximum atomic E-state index is 12.8. The van der Waals surface area contributed by atoms with Crippen molar-refractivity contribution in [2.75, 3.05) is 6.61 Å². The molecule has 168 valence electrons.